The quantitative estimate of drug-likeness (QED) is 0.330. The van der Waals surface area contributed by atoms with Crippen molar-refractivity contribution >= 4 is 17.5 Å². The summed E-state index contributed by atoms with van der Waals surface area (Å²) in [5.41, 5.74) is 2.21. The van der Waals surface area contributed by atoms with Crippen molar-refractivity contribution in [3.8, 4) is 17.2 Å². The molecule has 4 rings (SSSR count). The first kappa shape index (κ1) is 28.1. The standard InChI is InChI=1S/C31H38N2O6/c1-20(2)21-13-15-24(16-14-21)33(31(35)25-12-9-17-39-25)28(30(34)32-23-10-7-6-8-11-23)22-18-26(36-3)29(38-5)27(19-22)37-4/h9,12-20,23,28H,6-8,10-11H2,1-5H3,(H,32,34). The number of carbonyl (C=O) groups excluding carboxylic acids is 2. The summed E-state index contributed by atoms with van der Waals surface area (Å²) >= 11 is 0. The number of ether oxygens (including phenoxy) is 3. The van der Waals surface area contributed by atoms with Crippen LogP contribution < -0.4 is 24.4 Å². The Hall–Kier alpha value is -3.94. The third kappa shape index (κ3) is 6.21. The average Bonchev–Trinajstić information content (AvgIpc) is 3.50. The zero-order chi connectivity index (χ0) is 27.9. The van der Waals surface area contributed by atoms with Gasteiger partial charge in [-0.3, -0.25) is 14.5 Å². The first-order valence-corrected chi connectivity index (χ1v) is 13.4. The number of nitrogens with zero attached hydrogens (tertiary/aromatic N) is 1. The summed E-state index contributed by atoms with van der Waals surface area (Å²) in [5, 5.41) is 3.22. The normalized spacial score (nSPS) is 14.5. The van der Waals surface area contributed by atoms with E-state index < -0.39 is 11.9 Å². The first-order valence-electron chi connectivity index (χ1n) is 13.4. The van der Waals surface area contributed by atoms with E-state index in [1.165, 1.54) is 32.5 Å². The maximum atomic E-state index is 14.2. The zero-order valence-electron chi connectivity index (χ0n) is 23.4. The summed E-state index contributed by atoms with van der Waals surface area (Å²) < 4.78 is 22.2. The highest BCUT2D eigenvalue weighted by molar-refractivity contribution is 6.08. The van der Waals surface area contributed by atoms with Crippen molar-refractivity contribution in [1.29, 1.82) is 0 Å². The predicted octanol–water partition coefficient (Wildman–Crippen LogP) is 6.27. The van der Waals surface area contributed by atoms with Gasteiger partial charge in [0, 0.05) is 11.7 Å². The van der Waals surface area contributed by atoms with Crippen molar-refractivity contribution in [1.82, 2.24) is 5.32 Å². The number of nitrogens with one attached hydrogen (secondary N) is 1. The molecule has 0 aliphatic heterocycles. The lowest BCUT2D eigenvalue weighted by molar-refractivity contribution is -0.123. The van der Waals surface area contributed by atoms with E-state index in [4.69, 9.17) is 18.6 Å². The van der Waals surface area contributed by atoms with Crippen LogP contribution in [0.2, 0.25) is 0 Å². The molecule has 1 fully saturated rings. The molecule has 1 atom stereocenters. The van der Waals surface area contributed by atoms with Crippen molar-refractivity contribution in [3.63, 3.8) is 0 Å². The Bertz CT molecular complexity index is 1220. The van der Waals surface area contributed by atoms with Crippen LogP contribution >= 0.6 is 0 Å². The van der Waals surface area contributed by atoms with Crippen LogP contribution in [0.3, 0.4) is 0 Å². The molecule has 8 nitrogen and oxygen atoms in total. The first-order chi connectivity index (χ1) is 18.9. The van der Waals surface area contributed by atoms with Gasteiger partial charge in [-0.2, -0.15) is 0 Å². The number of hydrogen-bond acceptors (Lipinski definition) is 6. The molecule has 39 heavy (non-hydrogen) atoms. The van der Waals surface area contributed by atoms with Crippen LogP contribution in [0, 0.1) is 0 Å². The third-order valence-electron chi connectivity index (χ3n) is 7.25. The summed E-state index contributed by atoms with van der Waals surface area (Å²) in [6.07, 6.45) is 6.54. The number of benzene rings is 2. The van der Waals surface area contributed by atoms with Gasteiger partial charge in [-0.1, -0.05) is 45.2 Å². The smallest absolute Gasteiger partial charge is 0.294 e. The number of rotatable bonds is 10. The molecule has 0 radical (unpaired) electrons. The molecule has 1 heterocycles. The topological polar surface area (TPSA) is 90.2 Å². The van der Waals surface area contributed by atoms with Gasteiger partial charge in [-0.15, -0.1) is 0 Å². The number of amides is 2. The fraction of sp³-hybridized carbons (Fsp3) is 0.419. The van der Waals surface area contributed by atoms with Gasteiger partial charge in [0.05, 0.1) is 27.6 Å². The summed E-state index contributed by atoms with van der Waals surface area (Å²) in [6, 6.07) is 13.4. The van der Waals surface area contributed by atoms with Crippen molar-refractivity contribution < 1.29 is 28.2 Å². The predicted molar refractivity (Wildman–Crippen MR) is 150 cm³/mol. The lowest BCUT2D eigenvalue weighted by Gasteiger charge is -2.33. The number of anilines is 1. The Morgan fingerprint density at radius 3 is 2.05 bits per heavy atom. The Balaban J connectivity index is 1.89. The molecule has 1 aliphatic rings. The van der Waals surface area contributed by atoms with Gasteiger partial charge in [0.15, 0.2) is 17.3 Å². The summed E-state index contributed by atoms with van der Waals surface area (Å²) in [5.74, 6) is 0.907. The highest BCUT2D eigenvalue weighted by Crippen LogP contribution is 2.42. The third-order valence-corrected chi connectivity index (χ3v) is 7.25. The molecule has 1 aromatic heterocycles. The number of furan rings is 1. The second kappa shape index (κ2) is 12.7. The van der Waals surface area contributed by atoms with E-state index in [2.05, 4.69) is 19.2 Å². The SMILES string of the molecule is COc1cc(C(C(=O)NC2CCCCC2)N(C(=O)c2ccco2)c2ccc(C(C)C)cc2)cc(OC)c1OC. The largest absolute Gasteiger partial charge is 0.493 e. The van der Waals surface area contributed by atoms with E-state index in [1.54, 1.807) is 24.3 Å². The number of hydrogen-bond donors (Lipinski definition) is 1. The average molecular weight is 535 g/mol. The maximum Gasteiger partial charge on any atom is 0.294 e. The molecular weight excluding hydrogens is 496 g/mol. The molecule has 1 aliphatic carbocycles. The highest BCUT2D eigenvalue weighted by Gasteiger charge is 2.37. The molecule has 2 amide bonds. The molecule has 1 unspecified atom stereocenters. The van der Waals surface area contributed by atoms with E-state index in [0.717, 1.165) is 37.7 Å². The maximum absolute atomic E-state index is 14.2. The van der Waals surface area contributed by atoms with E-state index in [1.807, 2.05) is 24.3 Å². The van der Waals surface area contributed by atoms with Gasteiger partial charge in [0.2, 0.25) is 11.7 Å². The van der Waals surface area contributed by atoms with Crippen LogP contribution in [-0.4, -0.2) is 39.2 Å². The van der Waals surface area contributed by atoms with Crippen molar-refractivity contribution in [2.24, 2.45) is 0 Å². The Labute approximate surface area is 230 Å². The summed E-state index contributed by atoms with van der Waals surface area (Å²) in [6.45, 7) is 4.22. The van der Waals surface area contributed by atoms with Crippen LogP contribution in [-0.2, 0) is 4.79 Å². The Kier molecular flexibility index (Phi) is 9.17. The Morgan fingerprint density at radius 2 is 1.54 bits per heavy atom. The summed E-state index contributed by atoms with van der Waals surface area (Å²) in [7, 11) is 4.57. The second-order valence-corrected chi connectivity index (χ2v) is 10.1. The number of carbonyl (C=O) groups is 2. The van der Waals surface area contributed by atoms with Gasteiger partial charge in [0.1, 0.15) is 6.04 Å². The minimum absolute atomic E-state index is 0.0414. The molecular formula is C31H38N2O6. The molecule has 8 heteroatoms. The van der Waals surface area contributed by atoms with Gasteiger partial charge in [-0.05, 0) is 66.3 Å². The van der Waals surface area contributed by atoms with E-state index in [0.29, 0.717) is 34.4 Å². The lowest BCUT2D eigenvalue weighted by Crippen LogP contribution is -2.47. The van der Waals surface area contributed by atoms with Gasteiger partial charge < -0.3 is 23.9 Å². The molecule has 1 saturated carbocycles. The molecule has 0 spiro atoms. The molecule has 2 aromatic carbocycles. The van der Waals surface area contributed by atoms with Gasteiger partial charge in [-0.25, -0.2) is 0 Å². The number of methoxy groups -OCH3 is 3. The lowest BCUT2D eigenvalue weighted by atomic mass is 9.94. The van der Waals surface area contributed by atoms with Crippen LogP contribution in [0.4, 0.5) is 5.69 Å². The molecule has 0 saturated heterocycles. The van der Waals surface area contributed by atoms with Crippen LogP contribution in [0.15, 0.2) is 59.2 Å². The molecule has 208 valence electrons. The fourth-order valence-electron chi connectivity index (χ4n) is 5.13. The fourth-order valence-corrected chi connectivity index (χ4v) is 5.13. The molecule has 1 N–H and O–H groups in total. The molecule has 3 aromatic rings. The Morgan fingerprint density at radius 1 is 0.897 bits per heavy atom. The van der Waals surface area contributed by atoms with Crippen molar-refractivity contribution in [2.45, 2.75) is 64.0 Å². The van der Waals surface area contributed by atoms with Crippen molar-refractivity contribution in [3.05, 3.63) is 71.7 Å². The van der Waals surface area contributed by atoms with Crippen LogP contribution in [0.1, 0.15) is 79.6 Å². The van der Waals surface area contributed by atoms with E-state index >= 15 is 0 Å². The van der Waals surface area contributed by atoms with E-state index in [9.17, 15) is 9.59 Å². The van der Waals surface area contributed by atoms with Crippen LogP contribution in [0.5, 0.6) is 17.2 Å². The minimum atomic E-state index is -1.04. The monoisotopic (exact) mass is 534 g/mol. The highest BCUT2D eigenvalue weighted by atomic mass is 16.5. The van der Waals surface area contributed by atoms with Gasteiger partial charge >= 0.3 is 0 Å². The van der Waals surface area contributed by atoms with Gasteiger partial charge in [0.25, 0.3) is 5.91 Å². The van der Waals surface area contributed by atoms with Crippen molar-refractivity contribution in [2.75, 3.05) is 26.2 Å². The van der Waals surface area contributed by atoms with Crippen LogP contribution in [0.25, 0.3) is 0 Å². The minimum Gasteiger partial charge on any atom is -0.493 e. The summed E-state index contributed by atoms with van der Waals surface area (Å²) in [4.78, 5) is 29.7. The second-order valence-electron chi connectivity index (χ2n) is 10.1. The zero-order valence-corrected chi connectivity index (χ0v) is 23.4. The van der Waals surface area contributed by atoms with E-state index in [-0.39, 0.29) is 17.7 Å². The molecule has 0 bridgehead atoms.